The summed E-state index contributed by atoms with van der Waals surface area (Å²) in [6.07, 6.45) is 2.30. The lowest BCUT2D eigenvalue weighted by molar-refractivity contribution is -0.138. The molecule has 5 N–H and O–H groups in total. The molecule has 1 aliphatic rings. The Hall–Kier alpha value is -3.46. The molecular formula is C23H29N5O4. The van der Waals surface area contributed by atoms with Crippen LogP contribution in [-0.2, 0) is 36.1 Å². The first-order valence-corrected chi connectivity index (χ1v) is 10.6. The third-order valence-corrected chi connectivity index (χ3v) is 6.08. The summed E-state index contributed by atoms with van der Waals surface area (Å²) >= 11 is 0. The molecule has 0 unspecified atom stereocenters. The van der Waals surface area contributed by atoms with Gasteiger partial charge in [-0.1, -0.05) is 18.2 Å². The molecule has 3 heterocycles. The third-order valence-electron chi connectivity index (χ3n) is 6.08. The second-order valence-corrected chi connectivity index (χ2v) is 8.95. The van der Waals surface area contributed by atoms with Crippen molar-refractivity contribution in [3.63, 3.8) is 0 Å². The first-order chi connectivity index (χ1) is 15.1. The molecule has 1 atom stereocenters. The lowest BCUT2D eigenvalue weighted by atomic mass is 10.0. The Labute approximate surface area is 186 Å². The molecule has 2 amide bonds. The third kappa shape index (κ3) is 3.80. The van der Waals surface area contributed by atoms with Gasteiger partial charge in [-0.2, -0.15) is 0 Å². The maximum Gasteiger partial charge on any atom is 0.247 e. The van der Waals surface area contributed by atoms with Crippen molar-refractivity contribution in [3.05, 3.63) is 47.7 Å². The van der Waals surface area contributed by atoms with Gasteiger partial charge in [-0.25, -0.2) is 0 Å². The molecular weight excluding hydrogens is 410 g/mol. The summed E-state index contributed by atoms with van der Waals surface area (Å²) in [6.45, 7) is 3.94. The average Bonchev–Trinajstić information content (AvgIpc) is 3.26. The second-order valence-electron chi connectivity index (χ2n) is 8.95. The molecule has 4 rings (SSSR count). The molecule has 0 radical (unpaired) electrons. The molecule has 1 aliphatic heterocycles. The summed E-state index contributed by atoms with van der Waals surface area (Å²) in [7, 11) is 1.57. The van der Waals surface area contributed by atoms with Crippen molar-refractivity contribution in [2.75, 3.05) is 6.54 Å². The number of rotatable bonds is 5. The summed E-state index contributed by atoms with van der Waals surface area (Å²) in [5, 5.41) is 24.4. The van der Waals surface area contributed by atoms with Crippen LogP contribution in [0.4, 0.5) is 0 Å². The van der Waals surface area contributed by atoms with Crippen molar-refractivity contribution in [1.29, 1.82) is 0 Å². The van der Waals surface area contributed by atoms with E-state index in [9.17, 15) is 19.8 Å². The van der Waals surface area contributed by atoms with Gasteiger partial charge in [0.05, 0.1) is 18.6 Å². The number of amides is 2. The number of carbonyl (C=O) groups is 2. The number of nitrogens with one attached hydrogen (secondary N) is 1. The van der Waals surface area contributed by atoms with Crippen LogP contribution in [0.1, 0.15) is 25.0 Å². The van der Waals surface area contributed by atoms with E-state index in [0.717, 1.165) is 10.9 Å². The highest BCUT2D eigenvalue weighted by Gasteiger charge is 2.34. The SMILES string of the molecule is Cn1c(O)c2c(c1O)CN(C(=O)[C@@H](Cn1ccc3ccccc31)NC(=O)C(C)(C)N)CC2. The van der Waals surface area contributed by atoms with Crippen LogP contribution >= 0.6 is 0 Å². The Bertz CT molecular complexity index is 1190. The summed E-state index contributed by atoms with van der Waals surface area (Å²) < 4.78 is 3.24. The largest absolute Gasteiger partial charge is 0.494 e. The first kappa shape index (κ1) is 21.8. The minimum absolute atomic E-state index is 0.0122. The molecule has 9 heteroatoms. The number of hydrogen-bond acceptors (Lipinski definition) is 5. The van der Waals surface area contributed by atoms with Crippen LogP contribution in [0.25, 0.3) is 10.9 Å². The summed E-state index contributed by atoms with van der Waals surface area (Å²) in [4.78, 5) is 27.8. The molecule has 3 aromatic rings. The smallest absolute Gasteiger partial charge is 0.247 e. The van der Waals surface area contributed by atoms with Gasteiger partial charge in [0.2, 0.25) is 11.8 Å². The van der Waals surface area contributed by atoms with Crippen LogP contribution in [-0.4, -0.2) is 54.2 Å². The molecule has 0 saturated carbocycles. The highest BCUT2D eigenvalue weighted by molar-refractivity contribution is 5.92. The molecule has 0 saturated heterocycles. The zero-order valence-electron chi connectivity index (χ0n) is 18.5. The van der Waals surface area contributed by atoms with E-state index in [0.29, 0.717) is 24.1 Å². The molecule has 170 valence electrons. The number of hydrogen-bond donors (Lipinski definition) is 4. The van der Waals surface area contributed by atoms with E-state index in [-0.39, 0.29) is 30.8 Å². The number of para-hydroxylation sites is 1. The second kappa shape index (κ2) is 7.90. The van der Waals surface area contributed by atoms with E-state index in [1.54, 1.807) is 25.8 Å². The van der Waals surface area contributed by atoms with Gasteiger partial charge in [0.15, 0.2) is 11.8 Å². The average molecular weight is 440 g/mol. The Kier molecular flexibility index (Phi) is 5.37. The highest BCUT2D eigenvalue weighted by atomic mass is 16.3. The number of carbonyl (C=O) groups excluding carboxylic acids is 2. The van der Waals surface area contributed by atoms with E-state index in [1.165, 1.54) is 4.57 Å². The van der Waals surface area contributed by atoms with E-state index >= 15 is 0 Å². The maximum absolute atomic E-state index is 13.5. The summed E-state index contributed by atoms with van der Waals surface area (Å²) in [5.41, 5.74) is 6.95. The fourth-order valence-electron chi connectivity index (χ4n) is 4.16. The summed E-state index contributed by atoms with van der Waals surface area (Å²) in [5.74, 6) is -0.743. The molecule has 32 heavy (non-hydrogen) atoms. The van der Waals surface area contributed by atoms with E-state index in [1.807, 2.05) is 41.1 Å². The molecule has 0 bridgehead atoms. The van der Waals surface area contributed by atoms with Crippen LogP contribution in [0.2, 0.25) is 0 Å². The van der Waals surface area contributed by atoms with Gasteiger partial charge in [0.25, 0.3) is 0 Å². The predicted octanol–water partition coefficient (Wildman–Crippen LogP) is 1.20. The molecule has 0 spiro atoms. The van der Waals surface area contributed by atoms with Crippen molar-refractivity contribution in [2.45, 2.75) is 44.9 Å². The Morgan fingerprint density at radius 1 is 1.16 bits per heavy atom. The fraction of sp³-hybridized carbons (Fsp3) is 0.391. The monoisotopic (exact) mass is 439 g/mol. The number of aromatic nitrogens is 2. The van der Waals surface area contributed by atoms with Crippen molar-refractivity contribution < 1.29 is 19.8 Å². The lowest BCUT2D eigenvalue weighted by Crippen LogP contribution is -2.57. The van der Waals surface area contributed by atoms with Crippen LogP contribution in [0.3, 0.4) is 0 Å². The molecule has 2 aromatic heterocycles. The zero-order chi connectivity index (χ0) is 23.2. The maximum atomic E-state index is 13.5. The number of nitrogens with zero attached hydrogens (tertiary/aromatic N) is 3. The molecule has 0 fully saturated rings. The molecule has 1 aromatic carbocycles. The molecule has 0 aliphatic carbocycles. The number of nitrogens with two attached hydrogens (primary N) is 1. The van der Waals surface area contributed by atoms with E-state index < -0.39 is 17.5 Å². The van der Waals surface area contributed by atoms with E-state index in [2.05, 4.69) is 5.32 Å². The fourth-order valence-corrected chi connectivity index (χ4v) is 4.16. The van der Waals surface area contributed by atoms with Gasteiger partial charge in [-0.15, -0.1) is 0 Å². The van der Waals surface area contributed by atoms with Gasteiger partial charge < -0.3 is 30.7 Å². The van der Waals surface area contributed by atoms with Crippen LogP contribution in [0.15, 0.2) is 36.5 Å². The van der Waals surface area contributed by atoms with Gasteiger partial charge in [0.1, 0.15) is 6.04 Å². The quantitative estimate of drug-likeness (QED) is 0.475. The topological polar surface area (TPSA) is 126 Å². The minimum atomic E-state index is -1.14. The Morgan fingerprint density at radius 2 is 1.84 bits per heavy atom. The highest BCUT2D eigenvalue weighted by Crippen LogP contribution is 2.36. The van der Waals surface area contributed by atoms with Gasteiger partial charge in [-0.3, -0.25) is 14.2 Å². The van der Waals surface area contributed by atoms with E-state index in [4.69, 9.17) is 5.73 Å². The van der Waals surface area contributed by atoms with Crippen molar-refractivity contribution in [2.24, 2.45) is 12.8 Å². The predicted molar refractivity (Wildman–Crippen MR) is 120 cm³/mol. The van der Waals surface area contributed by atoms with Gasteiger partial charge in [-0.05, 0) is 37.8 Å². The Balaban J connectivity index is 1.62. The molecule has 9 nitrogen and oxygen atoms in total. The number of aromatic hydroxyl groups is 2. The van der Waals surface area contributed by atoms with Gasteiger partial charge in [0, 0.05) is 36.4 Å². The zero-order valence-corrected chi connectivity index (χ0v) is 18.5. The normalized spacial score (nSPS) is 14.9. The van der Waals surface area contributed by atoms with Crippen molar-refractivity contribution in [1.82, 2.24) is 19.4 Å². The van der Waals surface area contributed by atoms with Gasteiger partial charge >= 0.3 is 0 Å². The van der Waals surface area contributed by atoms with Crippen LogP contribution in [0.5, 0.6) is 11.8 Å². The van der Waals surface area contributed by atoms with Crippen LogP contribution in [0, 0.1) is 0 Å². The van der Waals surface area contributed by atoms with Crippen molar-refractivity contribution >= 4 is 22.7 Å². The standard InChI is InChI=1S/C23H29N5O4/c1-23(2,24)22(32)25-17(13-27-10-8-14-6-4-5-7-18(14)27)21(31)28-11-9-15-16(12-28)20(30)26(3)19(15)29/h4-8,10,17,29-30H,9,11-13,24H2,1-3H3,(H,25,32)/t17-/m1/s1. The number of benzene rings is 1. The first-order valence-electron chi connectivity index (χ1n) is 10.6. The Morgan fingerprint density at radius 3 is 2.56 bits per heavy atom. The lowest BCUT2D eigenvalue weighted by Gasteiger charge is -2.32. The van der Waals surface area contributed by atoms with Crippen molar-refractivity contribution in [3.8, 4) is 11.8 Å². The van der Waals surface area contributed by atoms with Crippen LogP contribution < -0.4 is 11.1 Å². The minimum Gasteiger partial charge on any atom is -0.494 e. The number of fused-ring (bicyclic) bond motifs is 2. The summed E-state index contributed by atoms with van der Waals surface area (Å²) in [6, 6.07) is 8.94.